The molecule has 0 aliphatic heterocycles. The average Bonchev–Trinajstić information content (AvgIpc) is 1.87. The van der Waals surface area contributed by atoms with Crippen molar-refractivity contribution < 1.29 is 5.21 Å². The van der Waals surface area contributed by atoms with Gasteiger partial charge < -0.3 is 5.21 Å². The smallest absolute Gasteiger partial charge is 0.145 e. The van der Waals surface area contributed by atoms with E-state index in [1.807, 2.05) is 0 Å². The van der Waals surface area contributed by atoms with Crippen molar-refractivity contribution in [1.29, 1.82) is 0 Å². The van der Waals surface area contributed by atoms with Crippen LogP contribution in [0.2, 0.25) is 0 Å². The van der Waals surface area contributed by atoms with Crippen molar-refractivity contribution in [3.63, 3.8) is 0 Å². The second-order valence-corrected chi connectivity index (χ2v) is 2.63. The predicted molar refractivity (Wildman–Crippen MR) is 39.1 cm³/mol. The lowest BCUT2D eigenvalue weighted by atomic mass is 10.1. The first-order chi connectivity index (χ1) is 4.20. The summed E-state index contributed by atoms with van der Waals surface area (Å²) in [7, 11) is 0. The molecule has 0 amide bonds. The van der Waals surface area contributed by atoms with Gasteiger partial charge in [0.05, 0.1) is 0 Å². The molecular weight excluding hydrogens is 138 g/mol. The number of halogens is 1. The highest BCUT2D eigenvalue weighted by Gasteiger charge is 2.01. The van der Waals surface area contributed by atoms with Crippen LogP contribution in [0, 0.1) is 5.92 Å². The lowest BCUT2D eigenvalue weighted by Gasteiger charge is -2.03. The van der Waals surface area contributed by atoms with Crippen LogP contribution in [0.3, 0.4) is 0 Å². The van der Waals surface area contributed by atoms with E-state index in [0.717, 1.165) is 6.42 Å². The molecule has 0 aromatic carbocycles. The van der Waals surface area contributed by atoms with E-state index in [4.69, 9.17) is 16.8 Å². The van der Waals surface area contributed by atoms with Gasteiger partial charge in [-0.05, 0) is 5.92 Å². The van der Waals surface area contributed by atoms with Crippen LogP contribution in [0.1, 0.15) is 26.7 Å². The summed E-state index contributed by atoms with van der Waals surface area (Å²) in [5.41, 5.74) is 0. The summed E-state index contributed by atoms with van der Waals surface area (Å²) in [5.74, 6) is 0.508. The Bertz CT molecular complexity index is 103. The molecular formula is C6H12ClNO. The Balaban J connectivity index is 3.47. The van der Waals surface area contributed by atoms with Crippen molar-refractivity contribution in [2.45, 2.75) is 26.7 Å². The number of hydrogen-bond acceptors (Lipinski definition) is 2. The topological polar surface area (TPSA) is 32.6 Å². The number of hydrogen-bond donors (Lipinski definition) is 1. The molecule has 0 saturated carbocycles. The van der Waals surface area contributed by atoms with E-state index in [1.54, 1.807) is 0 Å². The van der Waals surface area contributed by atoms with Gasteiger partial charge in [-0.15, -0.1) is 0 Å². The zero-order valence-electron chi connectivity index (χ0n) is 5.76. The summed E-state index contributed by atoms with van der Waals surface area (Å²) in [6.45, 7) is 4.14. The van der Waals surface area contributed by atoms with E-state index < -0.39 is 0 Å². The molecule has 54 valence electrons. The Morgan fingerprint density at radius 1 is 1.78 bits per heavy atom. The first kappa shape index (κ1) is 8.76. The molecule has 0 aromatic rings. The van der Waals surface area contributed by atoms with E-state index in [-0.39, 0.29) is 0 Å². The summed E-state index contributed by atoms with van der Waals surface area (Å²) in [6.07, 6.45) is 1.74. The maximum absolute atomic E-state index is 8.14. The van der Waals surface area contributed by atoms with E-state index in [9.17, 15) is 0 Å². The Hall–Kier alpha value is -0.240. The van der Waals surface area contributed by atoms with Gasteiger partial charge in [0.25, 0.3) is 0 Å². The third-order valence-corrected chi connectivity index (χ3v) is 1.55. The van der Waals surface area contributed by atoms with Gasteiger partial charge >= 0.3 is 0 Å². The highest BCUT2D eigenvalue weighted by atomic mass is 35.5. The summed E-state index contributed by atoms with van der Waals surface area (Å²) in [4.78, 5) is 0. The normalized spacial score (nSPS) is 15.7. The molecule has 0 saturated heterocycles. The van der Waals surface area contributed by atoms with E-state index >= 15 is 0 Å². The van der Waals surface area contributed by atoms with Crippen LogP contribution in [-0.4, -0.2) is 10.4 Å². The summed E-state index contributed by atoms with van der Waals surface area (Å²) in [6, 6.07) is 0. The summed E-state index contributed by atoms with van der Waals surface area (Å²) in [5, 5.41) is 11.3. The van der Waals surface area contributed by atoms with Crippen molar-refractivity contribution in [2.75, 3.05) is 0 Å². The van der Waals surface area contributed by atoms with Gasteiger partial charge in [0.2, 0.25) is 0 Å². The van der Waals surface area contributed by atoms with Gasteiger partial charge in [-0.2, -0.15) is 0 Å². The molecule has 0 aliphatic rings. The minimum atomic E-state index is 0.296. The first-order valence-corrected chi connectivity index (χ1v) is 3.45. The number of nitrogens with zero attached hydrogens (tertiary/aromatic N) is 1. The molecule has 0 aromatic heterocycles. The van der Waals surface area contributed by atoms with Crippen molar-refractivity contribution in [1.82, 2.24) is 0 Å². The Morgan fingerprint density at radius 3 is 2.67 bits per heavy atom. The monoisotopic (exact) mass is 149 g/mol. The van der Waals surface area contributed by atoms with Crippen molar-refractivity contribution in [3.8, 4) is 0 Å². The van der Waals surface area contributed by atoms with Gasteiger partial charge in [0, 0.05) is 6.42 Å². The Kier molecular flexibility index (Phi) is 4.50. The Morgan fingerprint density at radius 2 is 2.33 bits per heavy atom. The number of oxime groups is 1. The summed E-state index contributed by atoms with van der Waals surface area (Å²) >= 11 is 5.44. The Labute approximate surface area is 60.5 Å². The fourth-order valence-corrected chi connectivity index (χ4v) is 0.736. The minimum absolute atomic E-state index is 0.296. The second kappa shape index (κ2) is 4.62. The van der Waals surface area contributed by atoms with Crippen molar-refractivity contribution in [2.24, 2.45) is 11.1 Å². The third-order valence-electron chi connectivity index (χ3n) is 1.32. The lowest BCUT2D eigenvalue weighted by molar-refractivity contribution is 0.318. The van der Waals surface area contributed by atoms with Crippen molar-refractivity contribution in [3.05, 3.63) is 0 Å². The van der Waals surface area contributed by atoms with Gasteiger partial charge in [0.1, 0.15) is 5.17 Å². The molecule has 3 heteroatoms. The molecule has 0 bridgehead atoms. The van der Waals surface area contributed by atoms with Gasteiger partial charge in [0.15, 0.2) is 0 Å². The third kappa shape index (κ3) is 4.28. The van der Waals surface area contributed by atoms with Crippen molar-refractivity contribution >= 4 is 16.8 Å². The minimum Gasteiger partial charge on any atom is -0.410 e. The van der Waals surface area contributed by atoms with Crippen LogP contribution in [0.15, 0.2) is 5.16 Å². The highest BCUT2D eigenvalue weighted by molar-refractivity contribution is 6.65. The van der Waals surface area contributed by atoms with E-state index in [1.165, 1.54) is 0 Å². The second-order valence-electron chi connectivity index (χ2n) is 2.19. The quantitative estimate of drug-likeness (QED) is 0.373. The zero-order chi connectivity index (χ0) is 7.28. The van der Waals surface area contributed by atoms with Gasteiger partial charge in [-0.3, -0.25) is 0 Å². The lowest BCUT2D eigenvalue weighted by Crippen LogP contribution is -1.97. The largest absolute Gasteiger partial charge is 0.410 e. The van der Waals surface area contributed by atoms with Crippen LogP contribution in [0.25, 0.3) is 0 Å². The molecule has 0 rings (SSSR count). The number of rotatable bonds is 3. The van der Waals surface area contributed by atoms with Crippen LogP contribution in [-0.2, 0) is 0 Å². The molecule has 0 fully saturated rings. The molecule has 0 aliphatic carbocycles. The van der Waals surface area contributed by atoms with E-state index in [0.29, 0.717) is 17.5 Å². The molecule has 9 heavy (non-hydrogen) atoms. The maximum Gasteiger partial charge on any atom is 0.145 e. The molecule has 0 spiro atoms. The fourth-order valence-electron chi connectivity index (χ4n) is 0.473. The van der Waals surface area contributed by atoms with Crippen LogP contribution in [0.4, 0.5) is 0 Å². The van der Waals surface area contributed by atoms with Crippen LogP contribution in [0.5, 0.6) is 0 Å². The summed E-state index contributed by atoms with van der Waals surface area (Å²) < 4.78 is 0. The van der Waals surface area contributed by atoms with Gasteiger partial charge in [-0.25, -0.2) is 0 Å². The molecule has 2 nitrogen and oxygen atoms in total. The molecule has 0 radical (unpaired) electrons. The molecule has 0 heterocycles. The molecule has 1 atom stereocenters. The molecule has 1 unspecified atom stereocenters. The predicted octanol–water partition coefficient (Wildman–Crippen LogP) is 2.45. The zero-order valence-corrected chi connectivity index (χ0v) is 6.52. The van der Waals surface area contributed by atoms with E-state index in [2.05, 4.69) is 19.0 Å². The standard InChI is InChI=1S/C6H12ClNO/c1-3-5(2)4-6(7)8-9/h5,9H,3-4H2,1-2H3/b8-6-. The maximum atomic E-state index is 8.14. The van der Waals surface area contributed by atoms with Crippen LogP contribution < -0.4 is 0 Å². The SMILES string of the molecule is CCC(C)C/C(Cl)=N/O. The first-order valence-electron chi connectivity index (χ1n) is 3.07. The highest BCUT2D eigenvalue weighted by Crippen LogP contribution is 2.08. The fraction of sp³-hybridized carbons (Fsp3) is 0.833. The van der Waals surface area contributed by atoms with Crippen LogP contribution >= 0.6 is 11.6 Å². The average molecular weight is 150 g/mol. The molecule has 1 N–H and O–H groups in total. The van der Waals surface area contributed by atoms with Gasteiger partial charge in [-0.1, -0.05) is 37.0 Å².